The molecule has 0 N–H and O–H groups in total. The monoisotopic (exact) mass is 204 g/mol. The Morgan fingerprint density at radius 1 is 1.20 bits per heavy atom. The van der Waals surface area contributed by atoms with Crippen molar-refractivity contribution in [3.8, 4) is 11.5 Å². The summed E-state index contributed by atoms with van der Waals surface area (Å²) < 4.78 is 11.7. The summed E-state index contributed by atoms with van der Waals surface area (Å²) >= 11 is 0. The lowest BCUT2D eigenvalue weighted by Gasteiger charge is -2.27. The van der Waals surface area contributed by atoms with Crippen LogP contribution in [0.3, 0.4) is 0 Å². The zero-order valence-electron chi connectivity index (χ0n) is 9.25. The van der Waals surface area contributed by atoms with Crippen molar-refractivity contribution in [3.63, 3.8) is 0 Å². The summed E-state index contributed by atoms with van der Waals surface area (Å²) in [6, 6.07) is 6.27. The van der Waals surface area contributed by atoms with Crippen LogP contribution in [0.1, 0.15) is 38.2 Å². The largest absolute Gasteiger partial charge is 0.486 e. The van der Waals surface area contributed by atoms with Gasteiger partial charge in [0.25, 0.3) is 0 Å². The molecular weight excluding hydrogens is 188 g/mol. The van der Waals surface area contributed by atoms with Crippen molar-refractivity contribution in [2.75, 3.05) is 6.61 Å². The normalized spacial score (nSPS) is 20.7. The minimum Gasteiger partial charge on any atom is -0.486 e. The molecule has 15 heavy (non-hydrogen) atoms. The van der Waals surface area contributed by atoms with Crippen molar-refractivity contribution in [2.45, 2.75) is 38.2 Å². The second kappa shape index (κ2) is 2.91. The Morgan fingerprint density at radius 3 is 2.67 bits per heavy atom. The van der Waals surface area contributed by atoms with Gasteiger partial charge in [-0.3, -0.25) is 0 Å². The molecule has 0 aromatic heterocycles. The molecule has 1 aromatic carbocycles. The van der Waals surface area contributed by atoms with Gasteiger partial charge >= 0.3 is 0 Å². The molecule has 0 saturated heterocycles. The van der Waals surface area contributed by atoms with Gasteiger partial charge in [-0.15, -0.1) is 0 Å². The molecule has 2 heteroatoms. The maximum absolute atomic E-state index is 6.00. The number of hydrogen-bond acceptors (Lipinski definition) is 2. The minimum atomic E-state index is 0.0304. The molecule has 1 aliphatic heterocycles. The highest BCUT2D eigenvalue weighted by Gasteiger charge is 2.49. The van der Waals surface area contributed by atoms with Gasteiger partial charge in [-0.1, -0.05) is 19.9 Å². The number of ether oxygens (including phenoxy) is 2. The molecule has 1 heterocycles. The van der Waals surface area contributed by atoms with Crippen LogP contribution in [-0.2, 0) is 0 Å². The van der Waals surface area contributed by atoms with Crippen LogP contribution in [0.2, 0.25) is 0 Å². The van der Waals surface area contributed by atoms with Crippen molar-refractivity contribution in [3.05, 3.63) is 23.8 Å². The highest BCUT2D eigenvalue weighted by atomic mass is 16.6. The summed E-state index contributed by atoms with van der Waals surface area (Å²) in [5, 5.41) is 0. The van der Waals surface area contributed by atoms with Crippen molar-refractivity contribution < 1.29 is 9.47 Å². The van der Waals surface area contributed by atoms with E-state index in [2.05, 4.69) is 26.0 Å². The molecule has 1 saturated carbocycles. The Hall–Kier alpha value is -1.18. The summed E-state index contributed by atoms with van der Waals surface area (Å²) in [5.74, 6) is 2.37. The highest BCUT2D eigenvalue weighted by Crippen LogP contribution is 2.47. The van der Waals surface area contributed by atoms with Crippen LogP contribution < -0.4 is 9.47 Å². The van der Waals surface area contributed by atoms with Crippen LogP contribution in [0.5, 0.6) is 11.5 Å². The summed E-state index contributed by atoms with van der Waals surface area (Å²) in [7, 11) is 0. The fourth-order valence-electron chi connectivity index (χ4n) is 1.94. The van der Waals surface area contributed by atoms with E-state index in [0.29, 0.717) is 5.92 Å². The second-order valence-corrected chi connectivity index (χ2v) is 4.93. The Labute approximate surface area is 90.2 Å². The van der Waals surface area contributed by atoms with E-state index in [1.165, 1.54) is 5.56 Å². The molecule has 0 bridgehead atoms. The number of rotatable bonds is 1. The Morgan fingerprint density at radius 2 is 2.00 bits per heavy atom. The van der Waals surface area contributed by atoms with Crippen molar-refractivity contribution in [1.29, 1.82) is 0 Å². The summed E-state index contributed by atoms with van der Waals surface area (Å²) in [4.78, 5) is 0. The van der Waals surface area contributed by atoms with Crippen molar-refractivity contribution in [1.82, 2.24) is 0 Å². The van der Waals surface area contributed by atoms with E-state index >= 15 is 0 Å². The second-order valence-electron chi connectivity index (χ2n) is 4.93. The molecule has 80 valence electrons. The maximum atomic E-state index is 6.00. The smallest absolute Gasteiger partial charge is 0.162 e. The zero-order valence-corrected chi connectivity index (χ0v) is 9.25. The molecule has 2 nitrogen and oxygen atoms in total. The third-order valence-electron chi connectivity index (χ3n) is 3.26. The van der Waals surface area contributed by atoms with Gasteiger partial charge in [0, 0.05) is 0 Å². The minimum absolute atomic E-state index is 0.0304. The van der Waals surface area contributed by atoms with Gasteiger partial charge in [0.05, 0.1) is 0 Å². The molecule has 3 rings (SSSR count). The third-order valence-corrected chi connectivity index (χ3v) is 3.26. The molecule has 1 spiro atoms. The first-order valence-corrected chi connectivity index (χ1v) is 5.64. The molecule has 0 unspecified atom stereocenters. The van der Waals surface area contributed by atoms with Crippen LogP contribution in [0.15, 0.2) is 18.2 Å². The first-order valence-electron chi connectivity index (χ1n) is 5.64. The number of benzene rings is 1. The Bertz CT molecular complexity index is 392. The zero-order chi connectivity index (χ0) is 10.5. The highest BCUT2D eigenvalue weighted by molar-refractivity contribution is 5.46. The van der Waals surface area contributed by atoms with Crippen molar-refractivity contribution >= 4 is 0 Å². The van der Waals surface area contributed by atoms with Gasteiger partial charge in [-0.25, -0.2) is 0 Å². The SMILES string of the molecule is CC(C)c1ccc2c(c1)OC1(CC1)CO2. The van der Waals surface area contributed by atoms with E-state index in [1.807, 2.05) is 6.07 Å². The Balaban J connectivity index is 1.96. The average Bonchev–Trinajstić information content (AvgIpc) is 2.96. The van der Waals surface area contributed by atoms with Crippen LogP contribution in [0.25, 0.3) is 0 Å². The topological polar surface area (TPSA) is 18.5 Å². The lowest BCUT2D eigenvalue weighted by molar-refractivity contribution is 0.0716. The average molecular weight is 204 g/mol. The van der Waals surface area contributed by atoms with Gasteiger partial charge in [0.15, 0.2) is 11.5 Å². The van der Waals surface area contributed by atoms with Crippen molar-refractivity contribution in [2.24, 2.45) is 0 Å². The lowest BCUT2D eigenvalue weighted by Crippen LogP contribution is -2.30. The van der Waals surface area contributed by atoms with E-state index in [-0.39, 0.29) is 5.60 Å². The predicted molar refractivity (Wildman–Crippen MR) is 58.6 cm³/mol. The fraction of sp³-hybridized carbons (Fsp3) is 0.538. The molecule has 2 aliphatic rings. The van der Waals surface area contributed by atoms with E-state index < -0.39 is 0 Å². The number of fused-ring (bicyclic) bond motifs is 1. The fourth-order valence-corrected chi connectivity index (χ4v) is 1.94. The molecule has 1 aromatic rings. The molecule has 0 radical (unpaired) electrons. The van der Waals surface area contributed by atoms with Crippen LogP contribution in [0, 0.1) is 0 Å². The third kappa shape index (κ3) is 1.48. The number of hydrogen-bond donors (Lipinski definition) is 0. The van der Waals surface area contributed by atoms with Crippen LogP contribution in [-0.4, -0.2) is 12.2 Å². The Kier molecular flexibility index (Phi) is 1.76. The van der Waals surface area contributed by atoms with Gasteiger partial charge < -0.3 is 9.47 Å². The van der Waals surface area contributed by atoms with E-state index in [1.54, 1.807) is 0 Å². The molecular formula is C13H16O2. The predicted octanol–water partition coefficient (Wildman–Crippen LogP) is 3.11. The molecule has 0 atom stereocenters. The van der Waals surface area contributed by atoms with E-state index in [9.17, 15) is 0 Å². The van der Waals surface area contributed by atoms with Crippen LogP contribution >= 0.6 is 0 Å². The molecule has 0 amide bonds. The summed E-state index contributed by atoms with van der Waals surface area (Å²) in [6.07, 6.45) is 2.27. The first-order chi connectivity index (χ1) is 7.19. The summed E-state index contributed by atoms with van der Waals surface area (Å²) in [6.45, 7) is 5.11. The molecule has 1 fully saturated rings. The maximum Gasteiger partial charge on any atom is 0.162 e. The quantitative estimate of drug-likeness (QED) is 0.699. The van der Waals surface area contributed by atoms with Gasteiger partial charge in [0.2, 0.25) is 0 Å². The standard InChI is InChI=1S/C13H16O2/c1-9(2)10-3-4-11-12(7-10)15-13(5-6-13)8-14-11/h3-4,7,9H,5-6,8H2,1-2H3. The van der Waals surface area contributed by atoms with Crippen LogP contribution in [0.4, 0.5) is 0 Å². The first kappa shape index (κ1) is 9.08. The van der Waals surface area contributed by atoms with Gasteiger partial charge in [-0.05, 0) is 36.5 Å². The van der Waals surface area contributed by atoms with Gasteiger partial charge in [-0.2, -0.15) is 0 Å². The molecule has 1 aliphatic carbocycles. The lowest BCUT2D eigenvalue weighted by atomic mass is 10.0. The van der Waals surface area contributed by atoms with E-state index in [0.717, 1.165) is 30.9 Å². The van der Waals surface area contributed by atoms with Gasteiger partial charge in [0.1, 0.15) is 12.2 Å². The van der Waals surface area contributed by atoms with E-state index in [4.69, 9.17) is 9.47 Å². The summed E-state index contributed by atoms with van der Waals surface area (Å²) in [5.41, 5.74) is 1.35.